The summed E-state index contributed by atoms with van der Waals surface area (Å²) in [7, 11) is 0. The van der Waals surface area contributed by atoms with Crippen LogP contribution < -0.4 is 4.99 Å². The zero-order valence-corrected chi connectivity index (χ0v) is 10.1. The molecule has 0 N–H and O–H groups in total. The zero-order chi connectivity index (χ0) is 12.4. The molecule has 1 heterocycles. The Hall–Kier alpha value is -2.35. The molecule has 18 heavy (non-hydrogen) atoms. The maximum Gasteiger partial charge on any atom is 0.448 e. The van der Waals surface area contributed by atoms with E-state index in [0.717, 1.165) is 22.6 Å². The Morgan fingerprint density at radius 2 is 1.33 bits per heavy atom. The minimum absolute atomic E-state index is 0.673. The summed E-state index contributed by atoms with van der Waals surface area (Å²) in [5, 5.41) is 0. The van der Waals surface area contributed by atoms with Crippen LogP contribution in [0.25, 0.3) is 5.76 Å². The van der Waals surface area contributed by atoms with Gasteiger partial charge < -0.3 is 4.74 Å². The Morgan fingerprint density at radius 1 is 0.778 bits per heavy atom. The van der Waals surface area contributed by atoms with Crippen molar-refractivity contribution in [1.82, 2.24) is 4.99 Å². The van der Waals surface area contributed by atoms with Gasteiger partial charge in [0.05, 0.1) is 5.56 Å². The second kappa shape index (κ2) is 4.49. The molecule has 0 bridgehead atoms. The van der Waals surface area contributed by atoms with Gasteiger partial charge in [-0.15, -0.1) is 0 Å². The second-order valence-corrected chi connectivity index (χ2v) is 4.17. The lowest BCUT2D eigenvalue weighted by atomic mass is 10.1. The van der Waals surface area contributed by atoms with E-state index in [4.69, 9.17) is 4.74 Å². The van der Waals surface area contributed by atoms with E-state index >= 15 is 0 Å². The Balaban J connectivity index is 1.90. The highest BCUT2D eigenvalue weighted by Gasteiger charge is 2.31. The van der Waals surface area contributed by atoms with Crippen LogP contribution in [-0.2, 0) is 4.74 Å². The number of hydrogen-bond donors (Lipinski definition) is 0. The van der Waals surface area contributed by atoms with Crippen molar-refractivity contribution in [3.63, 3.8) is 0 Å². The highest BCUT2D eigenvalue weighted by Crippen LogP contribution is 2.24. The van der Waals surface area contributed by atoms with E-state index in [0.29, 0.717) is 5.90 Å². The summed E-state index contributed by atoms with van der Waals surface area (Å²) < 4.78 is 5.88. The van der Waals surface area contributed by atoms with Crippen LogP contribution in [0.3, 0.4) is 0 Å². The number of allylic oxidation sites excluding steroid dienone is 1. The van der Waals surface area contributed by atoms with Crippen LogP contribution in [-0.4, -0.2) is 5.90 Å². The molecule has 3 rings (SSSR count). The molecular weight excluding hydrogens is 222 g/mol. The van der Waals surface area contributed by atoms with Gasteiger partial charge in [-0.1, -0.05) is 48.5 Å². The average molecular weight is 235 g/mol. The van der Waals surface area contributed by atoms with Gasteiger partial charge in [-0.25, -0.2) is 0 Å². The van der Waals surface area contributed by atoms with E-state index in [9.17, 15) is 0 Å². The van der Waals surface area contributed by atoms with Crippen LogP contribution in [0, 0.1) is 0 Å². The first-order chi connectivity index (χ1) is 8.84. The largest absolute Gasteiger partial charge is 0.448 e. The molecule has 0 saturated heterocycles. The Bertz CT molecular complexity index is 612. The van der Waals surface area contributed by atoms with Crippen molar-refractivity contribution in [2.75, 3.05) is 0 Å². The quantitative estimate of drug-likeness (QED) is 0.784. The van der Waals surface area contributed by atoms with E-state index in [1.165, 1.54) is 0 Å². The van der Waals surface area contributed by atoms with Crippen LogP contribution in [0.5, 0.6) is 0 Å². The maximum absolute atomic E-state index is 5.88. The third-order valence-corrected chi connectivity index (χ3v) is 2.85. The molecule has 0 atom stereocenters. The molecular formula is C16H13NO+. The van der Waals surface area contributed by atoms with E-state index in [-0.39, 0.29) is 0 Å². The van der Waals surface area contributed by atoms with E-state index in [1.54, 1.807) is 0 Å². The number of hydrogen-bond acceptors (Lipinski definition) is 2. The highest BCUT2D eigenvalue weighted by atomic mass is 16.5. The Kier molecular flexibility index (Phi) is 2.69. The van der Waals surface area contributed by atoms with Crippen molar-refractivity contribution in [2.45, 2.75) is 6.92 Å². The van der Waals surface area contributed by atoms with E-state index < -0.39 is 0 Å². The minimum Gasteiger partial charge on any atom is -0.393 e. The van der Waals surface area contributed by atoms with Crippen molar-refractivity contribution >= 4 is 11.7 Å². The third-order valence-electron chi connectivity index (χ3n) is 2.85. The number of ether oxygens (including phenoxy) is 1. The molecule has 0 saturated carbocycles. The van der Waals surface area contributed by atoms with Gasteiger partial charge >= 0.3 is 5.90 Å². The van der Waals surface area contributed by atoms with Gasteiger partial charge in [-0.05, 0) is 12.1 Å². The van der Waals surface area contributed by atoms with Gasteiger partial charge in [0.2, 0.25) is 5.76 Å². The van der Waals surface area contributed by atoms with Gasteiger partial charge in [0, 0.05) is 12.5 Å². The second-order valence-electron chi connectivity index (χ2n) is 4.17. The fraction of sp³-hybridized carbons (Fsp3) is 0.0625. The van der Waals surface area contributed by atoms with Gasteiger partial charge in [0.1, 0.15) is 4.99 Å². The molecule has 0 spiro atoms. The molecule has 0 amide bonds. The van der Waals surface area contributed by atoms with Gasteiger partial charge in [-0.3, -0.25) is 0 Å². The Labute approximate surface area is 106 Å². The maximum atomic E-state index is 5.88. The lowest BCUT2D eigenvalue weighted by Gasteiger charge is -2.00. The summed E-state index contributed by atoms with van der Waals surface area (Å²) in [6.07, 6.45) is 0. The molecule has 2 heteroatoms. The van der Waals surface area contributed by atoms with Crippen molar-refractivity contribution in [2.24, 2.45) is 0 Å². The normalized spacial score (nSPS) is 14.4. The molecule has 0 aliphatic carbocycles. The van der Waals surface area contributed by atoms with Crippen LogP contribution in [0.4, 0.5) is 0 Å². The van der Waals surface area contributed by atoms with Gasteiger partial charge in [0.25, 0.3) is 5.70 Å². The fourth-order valence-electron chi connectivity index (χ4n) is 1.96. The van der Waals surface area contributed by atoms with Crippen LogP contribution in [0.1, 0.15) is 18.1 Å². The SMILES string of the molecule is CC1=C(c2ccccc2)OC(c2ccccc2)=[N+]1. The first-order valence-corrected chi connectivity index (χ1v) is 5.93. The molecule has 87 valence electrons. The molecule has 1 aliphatic rings. The molecule has 0 aromatic heterocycles. The summed E-state index contributed by atoms with van der Waals surface area (Å²) >= 11 is 0. The van der Waals surface area contributed by atoms with Crippen molar-refractivity contribution in [1.29, 1.82) is 0 Å². The number of rotatable bonds is 2. The molecule has 2 aromatic carbocycles. The molecule has 2 nitrogen and oxygen atoms in total. The monoisotopic (exact) mass is 235 g/mol. The summed E-state index contributed by atoms with van der Waals surface area (Å²) in [5.41, 5.74) is 2.98. The lowest BCUT2D eigenvalue weighted by molar-refractivity contribution is 0.519. The topological polar surface area (TPSA) is 23.3 Å². The van der Waals surface area contributed by atoms with Crippen molar-refractivity contribution in [3.05, 3.63) is 77.5 Å². The van der Waals surface area contributed by atoms with Crippen LogP contribution >= 0.6 is 0 Å². The first-order valence-electron chi connectivity index (χ1n) is 5.93. The summed E-state index contributed by atoms with van der Waals surface area (Å²) in [5.74, 6) is 1.52. The summed E-state index contributed by atoms with van der Waals surface area (Å²) in [6, 6.07) is 20.0. The summed E-state index contributed by atoms with van der Waals surface area (Å²) in [6.45, 7) is 1.97. The molecule has 1 radical (unpaired) electrons. The van der Waals surface area contributed by atoms with Crippen LogP contribution in [0.15, 0.2) is 66.4 Å². The number of aliphatic imine (C=N–C) groups is 1. The van der Waals surface area contributed by atoms with Crippen LogP contribution in [0.2, 0.25) is 0 Å². The van der Waals surface area contributed by atoms with E-state index in [1.807, 2.05) is 67.6 Å². The third kappa shape index (κ3) is 1.93. The van der Waals surface area contributed by atoms with E-state index in [2.05, 4.69) is 4.99 Å². The van der Waals surface area contributed by atoms with Gasteiger partial charge in [0.15, 0.2) is 0 Å². The van der Waals surface area contributed by atoms with Gasteiger partial charge in [-0.2, -0.15) is 0 Å². The Morgan fingerprint density at radius 3 is 1.94 bits per heavy atom. The average Bonchev–Trinajstić information content (AvgIpc) is 2.83. The first kappa shape index (κ1) is 10.8. The van der Waals surface area contributed by atoms with Crippen molar-refractivity contribution < 1.29 is 4.74 Å². The lowest BCUT2D eigenvalue weighted by Crippen LogP contribution is -2.05. The number of nitrogens with zero attached hydrogens (tertiary/aromatic N) is 1. The molecule has 0 fully saturated rings. The molecule has 1 aliphatic heterocycles. The molecule has 2 aromatic rings. The standard InChI is InChI=1S/C16H13NO/c1-12-15(13-8-4-2-5-9-13)18-16(17-12)14-10-6-3-7-11-14/h2-11H,1H3/q+1. The van der Waals surface area contributed by atoms with Crippen molar-refractivity contribution in [3.8, 4) is 0 Å². The predicted octanol–water partition coefficient (Wildman–Crippen LogP) is 3.19. The molecule has 0 unspecified atom stereocenters. The summed E-state index contributed by atoms with van der Waals surface area (Å²) in [4.78, 5) is 4.49. The number of benzene rings is 2. The minimum atomic E-state index is 0.673. The smallest absolute Gasteiger partial charge is 0.393 e. The highest BCUT2D eigenvalue weighted by molar-refractivity contribution is 5.99. The zero-order valence-electron chi connectivity index (χ0n) is 10.1. The predicted molar refractivity (Wildman–Crippen MR) is 72.8 cm³/mol. The fourth-order valence-corrected chi connectivity index (χ4v) is 1.96.